The maximum Gasteiger partial charge on any atom is 0.316 e. The van der Waals surface area contributed by atoms with Gasteiger partial charge in [0.15, 0.2) is 0 Å². The van der Waals surface area contributed by atoms with Crippen molar-refractivity contribution in [3.05, 3.63) is 53.1 Å². The number of urea groups is 1. The number of hydrogen-bond donors (Lipinski definition) is 4. The summed E-state index contributed by atoms with van der Waals surface area (Å²) in [5.74, 6) is -0.340. The normalized spacial score (nSPS) is 9.95. The van der Waals surface area contributed by atoms with Crippen LogP contribution < -0.4 is 22.1 Å². The number of carbonyl (C=O) groups excluding carboxylic acids is 2. The Hall–Kier alpha value is -2.73. The first-order valence-electron chi connectivity index (χ1n) is 5.98. The minimum atomic E-state index is -0.677. The van der Waals surface area contributed by atoms with Crippen LogP contribution in [0, 0.1) is 0 Å². The number of primary amides is 1. The zero-order chi connectivity index (χ0) is 15.4. The van der Waals surface area contributed by atoms with Crippen LogP contribution in [-0.2, 0) is 0 Å². The third kappa shape index (κ3) is 3.87. The van der Waals surface area contributed by atoms with Crippen LogP contribution in [0.4, 0.5) is 21.9 Å². The zero-order valence-electron chi connectivity index (χ0n) is 10.9. The molecule has 0 aliphatic rings. The topological polar surface area (TPSA) is 110 Å². The molecule has 0 aromatic heterocycles. The largest absolute Gasteiger partial charge is 0.398 e. The summed E-state index contributed by atoms with van der Waals surface area (Å²) in [6.07, 6.45) is 0. The van der Waals surface area contributed by atoms with E-state index in [-0.39, 0.29) is 5.91 Å². The average molecular weight is 305 g/mol. The fourth-order valence-electron chi connectivity index (χ4n) is 1.69. The molecule has 3 amide bonds. The van der Waals surface area contributed by atoms with Crippen molar-refractivity contribution in [3.8, 4) is 0 Å². The van der Waals surface area contributed by atoms with E-state index in [1.807, 2.05) is 0 Å². The number of halogens is 1. The van der Waals surface area contributed by atoms with E-state index in [0.717, 1.165) is 0 Å². The Bertz CT molecular complexity index is 703. The van der Waals surface area contributed by atoms with Crippen molar-refractivity contribution in [1.29, 1.82) is 0 Å². The van der Waals surface area contributed by atoms with Gasteiger partial charge >= 0.3 is 6.03 Å². The molecule has 2 aromatic rings. The monoisotopic (exact) mass is 304 g/mol. The lowest BCUT2D eigenvalue weighted by molar-refractivity contribution is 0.102. The second kappa shape index (κ2) is 6.15. The minimum absolute atomic E-state index is 0.312. The van der Waals surface area contributed by atoms with E-state index in [9.17, 15) is 9.59 Å². The summed E-state index contributed by atoms with van der Waals surface area (Å²) in [6.45, 7) is 0. The van der Waals surface area contributed by atoms with Gasteiger partial charge < -0.3 is 22.1 Å². The van der Waals surface area contributed by atoms with Gasteiger partial charge in [-0.1, -0.05) is 17.7 Å². The molecule has 0 aliphatic heterocycles. The van der Waals surface area contributed by atoms with Crippen LogP contribution in [0.2, 0.25) is 5.02 Å². The molecule has 0 fully saturated rings. The van der Waals surface area contributed by atoms with Crippen molar-refractivity contribution in [3.63, 3.8) is 0 Å². The third-order valence-corrected chi connectivity index (χ3v) is 2.98. The fourth-order valence-corrected chi connectivity index (χ4v) is 1.87. The molecule has 108 valence electrons. The Morgan fingerprint density at radius 1 is 1.00 bits per heavy atom. The summed E-state index contributed by atoms with van der Waals surface area (Å²) in [5.41, 5.74) is 12.4. The van der Waals surface area contributed by atoms with Crippen molar-refractivity contribution in [2.75, 3.05) is 16.4 Å². The van der Waals surface area contributed by atoms with Crippen LogP contribution >= 0.6 is 11.6 Å². The maximum absolute atomic E-state index is 12.1. The first kappa shape index (κ1) is 14.7. The van der Waals surface area contributed by atoms with Crippen LogP contribution in [0.15, 0.2) is 42.5 Å². The van der Waals surface area contributed by atoms with Crippen molar-refractivity contribution in [1.82, 2.24) is 0 Å². The maximum atomic E-state index is 12.1. The van der Waals surface area contributed by atoms with Crippen molar-refractivity contribution in [2.45, 2.75) is 0 Å². The Morgan fingerprint density at radius 3 is 2.29 bits per heavy atom. The Balaban J connectivity index is 2.15. The van der Waals surface area contributed by atoms with Gasteiger partial charge in [0, 0.05) is 16.9 Å². The highest BCUT2D eigenvalue weighted by Crippen LogP contribution is 2.21. The van der Waals surface area contributed by atoms with Crippen LogP contribution in [0.25, 0.3) is 0 Å². The van der Waals surface area contributed by atoms with Crippen LogP contribution in [0.3, 0.4) is 0 Å². The number of rotatable bonds is 3. The predicted octanol–water partition coefficient (Wildman–Crippen LogP) is 2.67. The van der Waals surface area contributed by atoms with Crippen LogP contribution in [0.1, 0.15) is 10.4 Å². The SMILES string of the molecule is NC(=O)Nc1cccc(NC(=O)c2ccc(N)c(Cl)c2)c1. The van der Waals surface area contributed by atoms with Gasteiger partial charge in [-0.2, -0.15) is 0 Å². The number of benzene rings is 2. The highest BCUT2D eigenvalue weighted by molar-refractivity contribution is 6.33. The Kier molecular flexibility index (Phi) is 4.30. The van der Waals surface area contributed by atoms with Gasteiger partial charge in [-0.15, -0.1) is 0 Å². The molecular formula is C14H13ClN4O2. The van der Waals surface area contributed by atoms with Gasteiger partial charge in [0.05, 0.1) is 10.7 Å². The smallest absolute Gasteiger partial charge is 0.316 e. The fraction of sp³-hybridized carbons (Fsp3) is 0. The number of nitrogens with one attached hydrogen (secondary N) is 2. The van der Waals surface area contributed by atoms with Gasteiger partial charge in [-0.25, -0.2) is 4.79 Å². The van der Waals surface area contributed by atoms with E-state index in [1.165, 1.54) is 6.07 Å². The summed E-state index contributed by atoms with van der Waals surface area (Å²) >= 11 is 5.88. The summed E-state index contributed by atoms with van der Waals surface area (Å²) in [7, 11) is 0. The quantitative estimate of drug-likeness (QED) is 0.654. The molecule has 0 spiro atoms. The van der Waals surface area contributed by atoms with Crippen molar-refractivity contribution < 1.29 is 9.59 Å². The lowest BCUT2D eigenvalue weighted by atomic mass is 10.2. The molecule has 0 aliphatic carbocycles. The van der Waals surface area contributed by atoms with Gasteiger partial charge in [0.2, 0.25) is 0 Å². The third-order valence-electron chi connectivity index (χ3n) is 2.65. The second-order valence-corrected chi connectivity index (χ2v) is 4.67. The molecule has 0 saturated heterocycles. The van der Waals surface area contributed by atoms with Crippen LogP contribution in [-0.4, -0.2) is 11.9 Å². The van der Waals surface area contributed by atoms with Gasteiger partial charge in [-0.3, -0.25) is 4.79 Å². The molecule has 0 atom stereocenters. The van der Waals surface area contributed by atoms with E-state index in [1.54, 1.807) is 36.4 Å². The van der Waals surface area contributed by atoms with Gasteiger partial charge in [0.25, 0.3) is 5.91 Å². The Labute approximate surface area is 126 Å². The van der Waals surface area contributed by atoms with E-state index in [4.69, 9.17) is 23.1 Å². The molecular weight excluding hydrogens is 292 g/mol. The molecule has 2 aromatic carbocycles. The highest BCUT2D eigenvalue weighted by Gasteiger charge is 2.08. The molecule has 0 heterocycles. The second-order valence-electron chi connectivity index (χ2n) is 4.26. The standard InChI is InChI=1S/C14H13ClN4O2/c15-11-6-8(4-5-12(11)16)13(20)18-9-2-1-3-10(7-9)19-14(17)21/h1-7H,16H2,(H,18,20)(H3,17,19,21). The molecule has 21 heavy (non-hydrogen) atoms. The minimum Gasteiger partial charge on any atom is -0.398 e. The number of anilines is 3. The number of hydrogen-bond acceptors (Lipinski definition) is 3. The molecule has 2 rings (SSSR count). The summed E-state index contributed by atoms with van der Waals surface area (Å²) in [6, 6.07) is 10.5. The van der Waals surface area contributed by atoms with Crippen LogP contribution in [0.5, 0.6) is 0 Å². The summed E-state index contributed by atoms with van der Waals surface area (Å²) in [4.78, 5) is 22.9. The van der Waals surface area contributed by atoms with E-state index >= 15 is 0 Å². The first-order chi connectivity index (χ1) is 9.95. The lowest BCUT2D eigenvalue weighted by Gasteiger charge is -2.08. The molecule has 0 saturated carbocycles. The first-order valence-corrected chi connectivity index (χ1v) is 6.36. The Morgan fingerprint density at radius 2 is 1.67 bits per heavy atom. The van der Waals surface area contributed by atoms with E-state index < -0.39 is 6.03 Å². The number of carbonyl (C=O) groups is 2. The molecule has 0 radical (unpaired) electrons. The summed E-state index contributed by atoms with van der Waals surface area (Å²) < 4.78 is 0. The number of nitrogen functional groups attached to an aromatic ring is 1. The zero-order valence-corrected chi connectivity index (χ0v) is 11.6. The highest BCUT2D eigenvalue weighted by atomic mass is 35.5. The number of amides is 3. The van der Waals surface area contributed by atoms with E-state index in [0.29, 0.717) is 27.6 Å². The van der Waals surface area contributed by atoms with Gasteiger partial charge in [-0.05, 0) is 36.4 Å². The summed E-state index contributed by atoms with van der Waals surface area (Å²) in [5, 5.41) is 5.42. The van der Waals surface area contributed by atoms with Gasteiger partial charge in [0.1, 0.15) is 0 Å². The predicted molar refractivity (Wildman–Crippen MR) is 83.5 cm³/mol. The average Bonchev–Trinajstić information content (AvgIpc) is 2.41. The van der Waals surface area contributed by atoms with Crippen molar-refractivity contribution >= 4 is 40.6 Å². The number of nitrogens with two attached hydrogens (primary N) is 2. The molecule has 0 unspecified atom stereocenters. The van der Waals surface area contributed by atoms with E-state index in [2.05, 4.69) is 10.6 Å². The molecule has 6 N–H and O–H groups in total. The molecule has 6 nitrogen and oxygen atoms in total. The molecule has 0 bridgehead atoms. The van der Waals surface area contributed by atoms with Crippen molar-refractivity contribution in [2.24, 2.45) is 5.73 Å². The molecule has 7 heteroatoms. The lowest BCUT2D eigenvalue weighted by Crippen LogP contribution is -2.19.